The standard InChI is InChI=1S/C21H21N5S3/c1-15-18(14-29-21-25-16-6-2-3-7-17(16)26-21)22-11-8-19(15)27-12-5-13-28-20-23-9-4-10-24-20/h2-4,6-11H,5,12-14H2,1H3,(H,25,26). The third-order valence-electron chi connectivity index (χ3n) is 4.29. The van der Waals surface area contributed by atoms with E-state index in [0.717, 1.165) is 50.7 Å². The van der Waals surface area contributed by atoms with E-state index in [4.69, 9.17) is 0 Å². The van der Waals surface area contributed by atoms with E-state index >= 15 is 0 Å². The Hall–Kier alpha value is -2.03. The number of nitrogens with one attached hydrogen (secondary N) is 1. The largest absolute Gasteiger partial charge is 0.333 e. The van der Waals surface area contributed by atoms with Crippen LogP contribution in [0.2, 0.25) is 0 Å². The molecule has 0 bridgehead atoms. The fourth-order valence-corrected chi connectivity index (χ4v) is 5.59. The number of aromatic amines is 1. The number of imidazole rings is 1. The van der Waals surface area contributed by atoms with E-state index in [0.29, 0.717) is 0 Å². The van der Waals surface area contributed by atoms with Gasteiger partial charge in [-0.3, -0.25) is 4.98 Å². The van der Waals surface area contributed by atoms with Gasteiger partial charge in [0.25, 0.3) is 0 Å². The van der Waals surface area contributed by atoms with E-state index in [1.807, 2.05) is 42.2 Å². The van der Waals surface area contributed by atoms with E-state index in [1.54, 1.807) is 35.9 Å². The summed E-state index contributed by atoms with van der Waals surface area (Å²) in [7, 11) is 0. The third-order valence-corrected chi connectivity index (χ3v) is 7.38. The van der Waals surface area contributed by atoms with Gasteiger partial charge in [-0.05, 0) is 48.9 Å². The lowest BCUT2D eigenvalue weighted by Gasteiger charge is -2.09. The number of fused-ring (bicyclic) bond motifs is 1. The summed E-state index contributed by atoms with van der Waals surface area (Å²) in [6, 6.07) is 12.1. The number of rotatable bonds is 9. The second-order valence-electron chi connectivity index (χ2n) is 6.31. The Morgan fingerprint density at radius 1 is 0.862 bits per heavy atom. The van der Waals surface area contributed by atoms with Crippen LogP contribution in [0.1, 0.15) is 17.7 Å². The van der Waals surface area contributed by atoms with Gasteiger partial charge in [0.2, 0.25) is 0 Å². The summed E-state index contributed by atoms with van der Waals surface area (Å²) in [6.45, 7) is 2.16. The lowest BCUT2D eigenvalue weighted by atomic mass is 10.2. The quantitative estimate of drug-likeness (QED) is 0.206. The number of hydrogen-bond donors (Lipinski definition) is 1. The molecule has 4 rings (SSSR count). The van der Waals surface area contributed by atoms with Crippen molar-refractivity contribution in [2.45, 2.75) is 34.3 Å². The Balaban J connectivity index is 1.28. The molecule has 0 aliphatic carbocycles. The molecular formula is C21H21N5S3. The number of hydrogen-bond acceptors (Lipinski definition) is 7. The predicted octanol–water partition coefficient (Wildman–Crippen LogP) is 5.62. The van der Waals surface area contributed by atoms with Gasteiger partial charge in [-0.15, -0.1) is 11.8 Å². The average Bonchev–Trinajstić information content (AvgIpc) is 3.17. The summed E-state index contributed by atoms with van der Waals surface area (Å²) in [4.78, 5) is 22.4. The Bertz CT molecular complexity index is 1040. The van der Waals surface area contributed by atoms with Crippen LogP contribution in [-0.2, 0) is 5.75 Å². The zero-order valence-electron chi connectivity index (χ0n) is 16.0. The second kappa shape index (κ2) is 10.1. The molecule has 0 radical (unpaired) electrons. The van der Waals surface area contributed by atoms with Crippen molar-refractivity contribution in [2.75, 3.05) is 11.5 Å². The number of H-pyrrole nitrogens is 1. The van der Waals surface area contributed by atoms with Crippen molar-refractivity contribution in [3.05, 3.63) is 66.2 Å². The minimum atomic E-state index is 0.807. The average molecular weight is 440 g/mol. The van der Waals surface area contributed by atoms with Crippen LogP contribution in [0.25, 0.3) is 11.0 Å². The molecule has 5 nitrogen and oxygen atoms in total. The molecular weight excluding hydrogens is 418 g/mol. The number of benzene rings is 1. The summed E-state index contributed by atoms with van der Waals surface area (Å²) in [6.07, 6.45) is 6.60. The van der Waals surface area contributed by atoms with E-state index in [-0.39, 0.29) is 0 Å². The molecule has 0 aliphatic rings. The Morgan fingerprint density at radius 3 is 2.55 bits per heavy atom. The molecule has 4 aromatic rings. The topological polar surface area (TPSA) is 67.3 Å². The van der Waals surface area contributed by atoms with Gasteiger partial charge >= 0.3 is 0 Å². The molecule has 1 N–H and O–H groups in total. The van der Waals surface area contributed by atoms with Gasteiger partial charge in [0, 0.05) is 35.0 Å². The minimum Gasteiger partial charge on any atom is -0.333 e. The number of nitrogens with zero attached hydrogens (tertiary/aromatic N) is 4. The Labute approximate surface area is 183 Å². The molecule has 0 atom stereocenters. The minimum absolute atomic E-state index is 0.807. The Kier molecular flexibility index (Phi) is 7.08. The lowest BCUT2D eigenvalue weighted by molar-refractivity contribution is 0.962. The van der Waals surface area contributed by atoms with Gasteiger partial charge in [0.15, 0.2) is 10.3 Å². The van der Waals surface area contributed by atoms with Crippen molar-refractivity contribution in [3.8, 4) is 0 Å². The molecule has 8 heteroatoms. The lowest BCUT2D eigenvalue weighted by Crippen LogP contribution is -1.95. The van der Waals surface area contributed by atoms with Gasteiger partial charge in [-0.2, -0.15) is 0 Å². The SMILES string of the molecule is Cc1c(SCCCSc2ncccn2)ccnc1CSc1nc2ccccc2[nH]1. The fourth-order valence-electron chi connectivity index (χ4n) is 2.76. The Morgan fingerprint density at radius 2 is 1.69 bits per heavy atom. The van der Waals surface area contributed by atoms with Gasteiger partial charge in [-0.1, -0.05) is 35.7 Å². The first-order chi connectivity index (χ1) is 14.3. The normalized spacial score (nSPS) is 11.2. The summed E-state index contributed by atoms with van der Waals surface area (Å²) in [5.74, 6) is 2.90. The summed E-state index contributed by atoms with van der Waals surface area (Å²) < 4.78 is 0. The van der Waals surface area contributed by atoms with Crippen LogP contribution in [-0.4, -0.2) is 36.4 Å². The molecule has 148 valence electrons. The first kappa shape index (κ1) is 20.3. The summed E-state index contributed by atoms with van der Waals surface area (Å²) in [5.41, 5.74) is 4.46. The highest BCUT2D eigenvalue weighted by Crippen LogP contribution is 2.29. The van der Waals surface area contributed by atoms with E-state index < -0.39 is 0 Å². The highest BCUT2D eigenvalue weighted by atomic mass is 32.2. The van der Waals surface area contributed by atoms with Crippen LogP contribution in [0.3, 0.4) is 0 Å². The maximum atomic E-state index is 4.64. The number of pyridine rings is 1. The molecule has 3 aromatic heterocycles. The molecule has 0 saturated carbocycles. The smallest absolute Gasteiger partial charge is 0.187 e. The van der Waals surface area contributed by atoms with E-state index in [1.165, 1.54) is 10.5 Å². The van der Waals surface area contributed by atoms with Gasteiger partial charge in [0.1, 0.15) is 0 Å². The first-order valence-electron chi connectivity index (χ1n) is 9.34. The predicted molar refractivity (Wildman–Crippen MR) is 123 cm³/mol. The summed E-state index contributed by atoms with van der Waals surface area (Å²) >= 11 is 5.30. The van der Waals surface area contributed by atoms with Crippen LogP contribution in [0.15, 0.2) is 70.2 Å². The van der Waals surface area contributed by atoms with Gasteiger partial charge in [-0.25, -0.2) is 15.0 Å². The highest BCUT2D eigenvalue weighted by molar-refractivity contribution is 8.00. The van der Waals surface area contributed by atoms with Crippen molar-refractivity contribution >= 4 is 46.3 Å². The highest BCUT2D eigenvalue weighted by Gasteiger charge is 2.09. The number of para-hydroxylation sites is 2. The zero-order chi connectivity index (χ0) is 19.9. The number of thioether (sulfide) groups is 3. The van der Waals surface area contributed by atoms with Crippen LogP contribution in [0.4, 0.5) is 0 Å². The van der Waals surface area contributed by atoms with E-state index in [2.05, 4.69) is 44.0 Å². The molecule has 0 spiro atoms. The molecule has 3 heterocycles. The second-order valence-corrected chi connectivity index (χ2v) is 9.47. The van der Waals surface area contributed by atoms with Crippen LogP contribution < -0.4 is 0 Å². The van der Waals surface area contributed by atoms with Crippen LogP contribution in [0, 0.1) is 6.92 Å². The molecule has 0 aliphatic heterocycles. The maximum absolute atomic E-state index is 4.64. The molecule has 1 aromatic carbocycles. The summed E-state index contributed by atoms with van der Waals surface area (Å²) in [5, 5.41) is 1.79. The van der Waals surface area contributed by atoms with Crippen molar-refractivity contribution in [3.63, 3.8) is 0 Å². The monoisotopic (exact) mass is 439 g/mol. The van der Waals surface area contributed by atoms with Gasteiger partial charge < -0.3 is 4.98 Å². The van der Waals surface area contributed by atoms with Gasteiger partial charge in [0.05, 0.1) is 16.7 Å². The maximum Gasteiger partial charge on any atom is 0.187 e. The molecule has 0 fully saturated rings. The first-order valence-corrected chi connectivity index (χ1v) is 12.3. The molecule has 0 saturated heterocycles. The van der Waals surface area contributed by atoms with Crippen molar-refractivity contribution in [1.29, 1.82) is 0 Å². The van der Waals surface area contributed by atoms with Crippen molar-refractivity contribution in [2.24, 2.45) is 0 Å². The fraction of sp³-hybridized carbons (Fsp3) is 0.238. The van der Waals surface area contributed by atoms with Crippen molar-refractivity contribution < 1.29 is 0 Å². The van der Waals surface area contributed by atoms with Crippen LogP contribution >= 0.6 is 35.3 Å². The number of aromatic nitrogens is 5. The molecule has 0 unspecified atom stereocenters. The molecule has 0 amide bonds. The zero-order valence-corrected chi connectivity index (χ0v) is 18.5. The van der Waals surface area contributed by atoms with Crippen molar-refractivity contribution in [1.82, 2.24) is 24.9 Å². The van der Waals surface area contributed by atoms with E-state index in [9.17, 15) is 0 Å². The van der Waals surface area contributed by atoms with Crippen LogP contribution in [0.5, 0.6) is 0 Å². The third kappa shape index (κ3) is 5.52. The molecule has 29 heavy (non-hydrogen) atoms.